The summed E-state index contributed by atoms with van der Waals surface area (Å²) in [6.45, 7) is 9.65. The number of likely N-dealkylation sites (tertiary alicyclic amines) is 1. The second-order valence-corrected chi connectivity index (χ2v) is 19.8. The van der Waals surface area contributed by atoms with Gasteiger partial charge in [0.2, 0.25) is 0 Å². The Bertz CT molecular complexity index is 1800. The van der Waals surface area contributed by atoms with Crippen molar-refractivity contribution < 1.29 is 43.5 Å². The highest BCUT2D eigenvalue weighted by atomic mass is 32.2. The number of aliphatic hydroxyl groups is 3. The lowest BCUT2D eigenvalue weighted by molar-refractivity contribution is -0.180. The van der Waals surface area contributed by atoms with Gasteiger partial charge in [-0.05, 0) is 161 Å². The molecule has 56 heavy (non-hydrogen) atoms. The van der Waals surface area contributed by atoms with Gasteiger partial charge in [-0.2, -0.15) is 0 Å². The molecule has 0 unspecified atom stereocenters. The van der Waals surface area contributed by atoms with Gasteiger partial charge in [-0.25, -0.2) is 8.42 Å². The number of carbonyl (C=O) groups is 2. The summed E-state index contributed by atoms with van der Waals surface area (Å²) in [5.41, 5.74) is 5.01. The van der Waals surface area contributed by atoms with Crippen molar-refractivity contribution in [3.63, 3.8) is 0 Å². The first-order chi connectivity index (χ1) is 26.4. The number of benzene rings is 2. The van der Waals surface area contributed by atoms with Crippen molar-refractivity contribution in [1.82, 2.24) is 4.90 Å². The van der Waals surface area contributed by atoms with E-state index in [1.165, 1.54) is 36.9 Å². The minimum atomic E-state index is -3.09. The fraction of sp³-hybridized carbons (Fsp3) is 0.682. The Morgan fingerprint density at radius 2 is 1.68 bits per heavy atom. The van der Waals surface area contributed by atoms with Crippen LogP contribution in [0.25, 0.3) is 0 Å². The molecule has 5 aliphatic rings. The summed E-state index contributed by atoms with van der Waals surface area (Å²) in [4.78, 5) is 28.7. The quantitative estimate of drug-likeness (QED) is 0.194. The predicted molar refractivity (Wildman–Crippen MR) is 216 cm³/mol. The number of Topliss-reactive ketones (excluding diaryl/α,β-unsaturated/α-hetero) is 2. The topological polar surface area (TPSA) is 199 Å². The fourth-order valence-electron chi connectivity index (χ4n) is 11.3. The number of hydrogen-bond acceptors (Lipinski definition) is 11. The normalized spacial score (nSPS) is 33.1. The lowest BCUT2D eigenvalue weighted by Crippen LogP contribution is -2.62. The number of aliphatic hydroxyl groups excluding tert-OH is 2. The van der Waals surface area contributed by atoms with Crippen LogP contribution < -0.4 is 5.73 Å². The summed E-state index contributed by atoms with van der Waals surface area (Å²) in [6.07, 6.45) is 10.9. The average Bonchev–Trinajstić information content (AvgIpc) is 3.44. The van der Waals surface area contributed by atoms with E-state index in [9.17, 15) is 33.3 Å². The Labute approximate surface area is 333 Å². The number of nitrogens with two attached hydrogens (primary N) is 1. The molecule has 0 aromatic heterocycles. The van der Waals surface area contributed by atoms with E-state index in [-0.39, 0.29) is 53.0 Å². The van der Waals surface area contributed by atoms with E-state index in [1.807, 2.05) is 19.1 Å². The highest BCUT2D eigenvalue weighted by Gasteiger charge is 2.68. The van der Waals surface area contributed by atoms with Crippen molar-refractivity contribution in [2.45, 2.75) is 120 Å². The van der Waals surface area contributed by atoms with E-state index in [2.05, 4.69) is 24.8 Å². The zero-order chi connectivity index (χ0) is 41.1. The largest absolute Gasteiger partial charge is 0.504 e. The van der Waals surface area contributed by atoms with E-state index in [0.717, 1.165) is 70.0 Å². The van der Waals surface area contributed by atoms with Crippen molar-refractivity contribution in [2.24, 2.45) is 40.2 Å². The molecule has 0 amide bonds. The van der Waals surface area contributed by atoms with Crippen molar-refractivity contribution in [2.75, 3.05) is 39.0 Å². The predicted octanol–water partition coefficient (Wildman–Crippen LogP) is 5.14. The van der Waals surface area contributed by atoms with Crippen LogP contribution in [0.15, 0.2) is 47.4 Å². The molecule has 4 saturated carbocycles. The third-order valence-corrected chi connectivity index (χ3v) is 15.6. The molecule has 11 nitrogen and oxygen atoms in total. The highest BCUT2D eigenvalue weighted by molar-refractivity contribution is 7.90. The molecule has 2 aromatic carbocycles. The summed E-state index contributed by atoms with van der Waals surface area (Å²) in [6, 6.07) is 12.2. The number of ketones is 2. The Hall–Kier alpha value is -2.87. The molecule has 4 aliphatic carbocycles. The van der Waals surface area contributed by atoms with Gasteiger partial charge in [-0.1, -0.05) is 39.0 Å². The van der Waals surface area contributed by atoms with E-state index >= 15 is 0 Å². The third kappa shape index (κ3) is 9.05. The van der Waals surface area contributed by atoms with Gasteiger partial charge in [0, 0.05) is 24.0 Å². The molecule has 0 radical (unpaired) electrons. The lowest BCUT2D eigenvalue weighted by Gasteiger charge is -2.60. The van der Waals surface area contributed by atoms with E-state index in [0.29, 0.717) is 36.1 Å². The first kappa shape index (κ1) is 44.2. The Morgan fingerprint density at radius 1 is 0.964 bits per heavy atom. The first-order valence-electron chi connectivity index (χ1n) is 20.7. The molecule has 0 bridgehead atoms. The molecule has 1 aliphatic heterocycles. The van der Waals surface area contributed by atoms with Crippen molar-refractivity contribution in [1.29, 1.82) is 0 Å². The van der Waals surface area contributed by atoms with Crippen LogP contribution in [-0.4, -0.2) is 101 Å². The van der Waals surface area contributed by atoms with E-state index in [4.69, 9.17) is 15.9 Å². The minimum Gasteiger partial charge on any atom is -0.504 e. The van der Waals surface area contributed by atoms with Crippen LogP contribution in [-0.2, 0) is 25.8 Å². The maximum absolute atomic E-state index is 13.4. The Morgan fingerprint density at radius 3 is 2.30 bits per heavy atom. The Balaban J connectivity index is 0.000000175. The van der Waals surface area contributed by atoms with Crippen LogP contribution in [0.1, 0.15) is 108 Å². The van der Waals surface area contributed by atoms with Gasteiger partial charge >= 0.3 is 0 Å². The molecule has 7 rings (SSSR count). The minimum absolute atomic E-state index is 0.0154. The number of aromatic hydroxyl groups is 2. The number of phenols is 2. The van der Waals surface area contributed by atoms with Crippen LogP contribution in [0.4, 0.5) is 0 Å². The van der Waals surface area contributed by atoms with Crippen LogP contribution in [0.5, 0.6) is 11.5 Å². The zero-order valence-electron chi connectivity index (χ0n) is 33.8. The maximum Gasteiger partial charge on any atom is 0.190 e. The number of rotatable bonds is 8. The summed E-state index contributed by atoms with van der Waals surface area (Å²) < 4.78 is 23.2. The number of phenolic OH excluding ortho intramolecular Hbond substituents is 2. The average molecular weight is 799 g/mol. The monoisotopic (exact) mass is 798 g/mol. The van der Waals surface area contributed by atoms with Gasteiger partial charge < -0.3 is 36.2 Å². The van der Waals surface area contributed by atoms with Gasteiger partial charge in [-0.15, -0.1) is 0 Å². The Kier molecular flexibility index (Phi) is 14.2. The molecular weight excluding hydrogens is 733 g/mol. The number of nitrogens with zero attached hydrogens (tertiary/aromatic N) is 1. The molecule has 0 spiro atoms. The summed E-state index contributed by atoms with van der Waals surface area (Å²) in [7, 11) is -3.09. The fourth-order valence-corrected chi connectivity index (χ4v) is 12.0. The number of fused-ring (bicyclic) bond motifs is 5. The second-order valence-electron chi connectivity index (χ2n) is 17.8. The second kappa shape index (κ2) is 18.0. The summed E-state index contributed by atoms with van der Waals surface area (Å²) in [5, 5.41) is 48.6. The highest BCUT2D eigenvalue weighted by Crippen LogP contribution is 2.67. The summed E-state index contributed by atoms with van der Waals surface area (Å²) >= 11 is 0. The van der Waals surface area contributed by atoms with Gasteiger partial charge in [0.05, 0.1) is 11.0 Å². The zero-order valence-corrected chi connectivity index (χ0v) is 34.6. The number of piperidine rings is 1. The number of sulfone groups is 1. The molecule has 12 heteroatoms. The third-order valence-electron chi connectivity index (χ3n) is 14.4. The SMILES string of the molecule is CCCN1CCC(c2cccc(S(C)(=O)=O)c2)CC1.C[C@]12CC[C@@H](O)C[C@H]1CC[C@@H]1[C@@H]2C(=O)C[C@@]2(C)[C@H]1CC[C@]2(O)C(=O)CO.NCCc1ccc(O)c(O)c1. The molecule has 312 valence electrons. The molecule has 7 N–H and O–H groups in total. The van der Waals surface area contributed by atoms with Crippen molar-refractivity contribution >= 4 is 21.4 Å². The molecular formula is C44H66N2O9S. The van der Waals surface area contributed by atoms with Gasteiger partial charge in [0.1, 0.15) is 18.0 Å². The molecule has 1 heterocycles. The van der Waals surface area contributed by atoms with Crippen LogP contribution in [0.2, 0.25) is 0 Å². The number of carbonyl (C=O) groups excluding carboxylic acids is 2. The number of hydrogen-bond donors (Lipinski definition) is 6. The molecule has 1 saturated heterocycles. The molecule has 2 aromatic rings. The van der Waals surface area contributed by atoms with E-state index in [1.54, 1.807) is 12.1 Å². The first-order valence-corrected chi connectivity index (χ1v) is 22.6. The maximum atomic E-state index is 13.4. The van der Waals surface area contributed by atoms with Crippen LogP contribution in [0.3, 0.4) is 0 Å². The smallest absolute Gasteiger partial charge is 0.190 e. The lowest BCUT2D eigenvalue weighted by atomic mass is 9.44. The van der Waals surface area contributed by atoms with Crippen LogP contribution >= 0.6 is 0 Å². The van der Waals surface area contributed by atoms with Crippen LogP contribution in [0, 0.1) is 34.5 Å². The van der Waals surface area contributed by atoms with Crippen molar-refractivity contribution in [3.8, 4) is 11.5 Å². The molecule has 5 fully saturated rings. The van der Waals surface area contributed by atoms with E-state index < -0.39 is 33.2 Å². The molecule has 8 atom stereocenters. The van der Waals surface area contributed by atoms with Gasteiger partial charge in [-0.3, -0.25) is 9.59 Å². The summed E-state index contributed by atoms with van der Waals surface area (Å²) in [5.74, 6) is 0.710. The standard InChI is InChI=1S/C21H32O5.C15H23NO2S.C8H11NO2/c1-19-7-5-13(23)9-12(19)3-4-14-15-6-8-21(26,17(25)11-22)20(15,2)10-16(24)18(14)19;1-3-9-16-10-7-13(8-11-16)14-5-4-6-15(12-14)19(2,17)18;9-4-3-6-1-2-7(10)8(11)5-6/h12-15,18,22-23,26H,3-11H2,1-2H3;4-6,12-13H,3,7-11H2,1-2H3;1-2,5,10-11H,3-4,9H2/t12-,13-,14+,15+,18-,19+,20+,21+;;/m1../s1. The van der Waals surface area contributed by atoms with Gasteiger partial charge in [0.25, 0.3) is 0 Å². The van der Waals surface area contributed by atoms with Crippen molar-refractivity contribution in [3.05, 3.63) is 53.6 Å². The van der Waals surface area contributed by atoms with Gasteiger partial charge in [0.15, 0.2) is 27.1 Å².